The SMILES string of the molecule is c1cc2c(cc1CCn1ccc(CNC3CC3)n1)CCO2. The molecule has 0 saturated heterocycles. The highest BCUT2D eigenvalue weighted by Gasteiger charge is 2.20. The Morgan fingerprint density at radius 2 is 2.24 bits per heavy atom. The van der Waals surface area contributed by atoms with Gasteiger partial charge in [-0.3, -0.25) is 4.68 Å². The molecule has 1 aliphatic heterocycles. The van der Waals surface area contributed by atoms with Crippen LogP contribution in [0.15, 0.2) is 30.5 Å². The van der Waals surface area contributed by atoms with Gasteiger partial charge in [-0.1, -0.05) is 12.1 Å². The zero-order valence-corrected chi connectivity index (χ0v) is 12.2. The molecule has 110 valence electrons. The summed E-state index contributed by atoms with van der Waals surface area (Å²) in [6.45, 7) is 2.66. The second-order valence-corrected chi connectivity index (χ2v) is 6.02. The predicted molar refractivity (Wildman–Crippen MR) is 81.4 cm³/mol. The van der Waals surface area contributed by atoms with E-state index in [0.717, 1.165) is 50.0 Å². The number of nitrogens with zero attached hydrogens (tertiary/aromatic N) is 2. The first-order valence-electron chi connectivity index (χ1n) is 7.87. The lowest BCUT2D eigenvalue weighted by Gasteiger charge is -2.05. The highest BCUT2D eigenvalue weighted by Crippen LogP contribution is 2.26. The molecule has 4 nitrogen and oxygen atoms in total. The van der Waals surface area contributed by atoms with E-state index in [4.69, 9.17) is 4.74 Å². The zero-order chi connectivity index (χ0) is 14.1. The summed E-state index contributed by atoms with van der Waals surface area (Å²) in [5, 5.41) is 8.13. The lowest BCUT2D eigenvalue weighted by atomic mass is 10.1. The van der Waals surface area contributed by atoms with Gasteiger partial charge in [0.15, 0.2) is 0 Å². The maximum Gasteiger partial charge on any atom is 0.122 e. The van der Waals surface area contributed by atoms with Crippen LogP contribution < -0.4 is 10.1 Å². The normalized spacial score (nSPS) is 16.8. The van der Waals surface area contributed by atoms with Gasteiger partial charge in [-0.2, -0.15) is 5.10 Å². The van der Waals surface area contributed by atoms with Gasteiger partial charge < -0.3 is 10.1 Å². The van der Waals surface area contributed by atoms with Gasteiger partial charge in [0, 0.05) is 31.7 Å². The van der Waals surface area contributed by atoms with Crippen molar-refractivity contribution in [3.8, 4) is 5.75 Å². The van der Waals surface area contributed by atoms with Gasteiger partial charge in [-0.25, -0.2) is 0 Å². The van der Waals surface area contributed by atoms with Crippen LogP contribution in [0.2, 0.25) is 0 Å². The topological polar surface area (TPSA) is 39.1 Å². The van der Waals surface area contributed by atoms with Crippen LogP contribution in [-0.2, 0) is 25.9 Å². The van der Waals surface area contributed by atoms with Crippen molar-refractivity contribution in [1.82, 2.24) is 15.1 Å². The first kappa shape index (κ1) is 12.9. The lowest BCUT2D eigenvalue weighted by Crippen LogP contribution is -2.16. The first-order valence-corrected chi connectivity index (χ1v) is 7.87. The number of benzene rings is 1. The Hall–Kier alpha value is -1.81. The quantitative estimate of drug-likeness (QED) is 0.884. The van der Waals surface area contributed by atoms with Gasteiger partial charge in [0.1, 0.15) is 5.75 Å². The molecule has 1 fully saturated rings. The van der Waals surface area contributed by atoms with Crippen molar-refractivity contribution >= 4 is 0 Å². The van der Waals surface area contributed by atoms with E-state index in [0.29, 0.717) is 0 Å². The molecule has 0 bridgehead atoms. The summed E-state index contributed by atoms with van der Waals surface area (Å²) in [6, 6.07) is 9.41. The summed E-state index contributed by atoms with van der Waals surface area (Å²) >= 11 is 0. The average molecular weight is 283 g/mol. The molecule has 2 heterocycles. The van der Waals surface area contributed by atoms with Crippen LogP contribution in [0.1, 0.15) is 29.7 Å². The van der Waals surface area contributed by atoms with E-state index >= 15 is 0 Å². The number of hydrogen-bond acceptors (Lipinski definition) is 3. The molecule has 2 aliphatic rings. The van der Waals surface area contributed by atoms with Crippen LogP contribution in [-0.4, -0.2) is 22.4 Å². The molecule has 1 aliphatic carbocycles. The van der Waals surface area contributed by atoms with Crippen LogP contribution >= 0.6 is 0 Å². The monoisotopic (exact) mass is 283 g/mol. The number of rotatable bonds is 6. The van der Waals surface area contributed by atoms with Gasteiger partial charge in [-0.05, 0) is 42.5 Å². The van der Waals surface area contributed by atoms with Crippen LogP contribution in [0.5, 0.6) is 5.75 Å². The molecule has 1 saturated carbocycles. The largest absolute Gasteiger partial charge is 0.493 e. The van der Waals surface area contributed by atoms with Crippen LogP contribution in [0.4, 0.5) is 0 Å². The van der Waals surface area contributed by atoms with Gasteiger partial charge in [-0.15, -0.1) is 0 Å². The third kappa shape index (κ3) is 3.10. The highest BCUT2D eigenvalue weighted by molar-refractivity contribution is 5.39. The Bertz CT molecular complexity index is 631. The second-order valence-electron chi connectivity index (χ2n) is 6.02. The van der Waals surface area contributed by atoms with E-state index in [1.165, 1.54) is 24.0 Å². The summed E-state index contributed by atoms with van der Waals surface area (Å²) < 4.78 is 7.60. The summed E-state index contributed by atoms with van der Waals surface area (Å²) in [5.74, 6) is 1.06. The summed E-state index contributed by atoms with van der Waals surface area (Å²) in [4.78, 5) is 0. The van der Waals surface area contributed by atoms with Gasteiger partial charge in [0.2, 0.25) is 0 Å². The zero-order valence-electron chi connectivity index (χ0n) is 12.2. The van der Waals surface area contributed by atoms with E-state index in [9.17, 15) is 0 Å². The Morgan fingerprint density at radius 3 is 3.14 bits per heavy atom. The smallest absolute Gasteiger partial charge is 0.122 e. The Kier molecular flexibility index (Phi) is 3.39. The standard InChI is InChI=1S/C17H21N3O/c1-4-17-14(7-10-21-17)11-13(1)5-8-20-9-6-16(19-20)12-18-15-2-3-15/h1,4,6,9,11,15,18H,2-3,5,7-8,10,12H2. The van der Waals surface area contributed by atoms with Crippen molar-refractivity contribution in [3.63, 3.8) is 0 Å². The summed E-state index contributed by atoms with van der Waals surface area (Å²) in [5.41, 5.74) is 3.86. The molecular weight excluding hydrogens is 262 g/mol. The van der Waals surface area contributed by atoms with E-state index in [-0.39, 0.29) is 0 Å². The minimum atomic E-state index is 0.740. The Balaban J connectivity index is 1.33. The molecule has 0 amide bonds. The highest BCUT2D eigenvalue weighted by atomic mass is 16.5. The van der Waals surface area contributed by atoms with Crippen molar-refractivity contribution in [3.05, 3.63) is 47.3 Å². The van der Waals surface area contributed by atoms with E-state index < -0.39 is 0 Å². The third-order valence-electron chi connectivity index (χ3n) is 4.23. The number of hydrogen-bond donors (Lipinski definition) is 1. The molecule has 21 heavy (non-hydrogen) atoms. The van der Waals surface area contributed by atoms with Crippen molar-refractivity contribution < 1.29 is 4.74 Å². The maximum absolute atomic E-state index is 5.55. The molecule has 1 aromatic carbocycles. The molecule has 0 spiro atoms. The summed E-state index contributed by atoms with van der Waals surface area (Å²) in [7, 11) is 0. The van der Waals surface area contributed by atoms with Gasteiger partial charge in [0.25, 0.3) is 0 Å². The van der Waals surface area contributed by atoms with Crippen LogP contribution in [0.25, 0.3) is 0 Å². The first-order chi connectivity index (χ1) is 10.4. The van der Waals surface area contributed by atoms with Gasteiger partial charge in [0.05, 0.1) is 12.3 Å². The van der Waals surface area contributed by atoms with Crippen molar-refractivity contribution in [2.24, 2.45) is 0 Å². The molecular formula is C17H21N3O. The number of aromatic nitrogens is 2. The minimum Gasteiger partial charge on any atom is -0.493 e. The molecule has 0 unspecified atom stereocenters. The van der Waals surface area contributed by atoms with Crippen molar-refractivity contribution in [1.29, 1.82) is 0 Å². The van der Waals surface area contributed by atoms with Crippen LogP contribution in [0, 0.1) is 0 Å². The van der Waals surface area contributed by atoms with E-state index in [2.05, 4.69) is 40.9 Å². The maximum atomic E-state index is 5.55. The molecule has 4 heteroatoms. The average Bonchev–Trinajstić information content (AvgIpc) is 3.04. The second kappa shape index (κ2) is 5.53. The fourth-order valence-corrected chi connectivity index (χ4v) is 2.80. The molecule has 0 atom stereocenters. The number of fused-ring (bicyclic) bond motifs is 1. The van der Waals surface area contributed by atoms with Crippen molar-refractivity contribution in [2.75, 3.05) is 6.61 Å². The minimum absolute atomic E-state index is 0.740. The van der Waals surface area contributed by atoms with Crippen molar-refractivity contribution in [2.45, 2.75) is 44.8 Å². The lowest BCUT2D eigenvalue weighted by molar-refractivity contribution is 0.357. The molecule has 4 rings (SSSR count). The number of aryl methyl sites for hydroxylation is 2. The third-order valence-corrected chi connectivity index (χ3v) is 4.23. The van der Waals surface area contributed by atoms with Crippen LogP contribution in [0.3, 0.4) is 0 Å². The molecule has 2 aromatic rings. The molecule has 1 aromatic heterocycles. The van der Waals surface area contributed by atoms with E-state index in [1.54, 1.807) is 0 Å². The molecule has 1 N–H and O–H groups in total. The summed E-state index contributed by atoms with van der Waals surface area (Å²) in [6.07, 6.45) is 6.79. The van der Waals surface area contributed by atoms with Gasteiger partial charge >= 0.3 is 0 Å². The Labute approximate surface area is 125 Å². The number of ether oxygens (including phenoxy) is 1. The number of nitrogens with one attached hydrogen (secondary N) is 1. The van der Waals surface area contributed by atoms with E-state index in [1.807, 2.05) is 4.68 Å². The predicted octanol–water partition coefficient (Wildman–Crippen LogP) is 2.31. The fourth-order valence-electron chi connectivity index (χ4n) is 2.80. The molecule has 0 radical (unpaired) electrons. The Morgan fingerprint density at radius 1 is 1.29 bits per heavy atom. The fraction of sp³-hybridized carbons (Fsp3) is 0.471.